The van der Waals surface area contributed by atoms with Gasteiger partial charge in [-0.25, -0.2) is 0 Å². The maximum atomic E-state index is 11.6. The number of rotatable bonds is 3. The van der Waals surface area contributed by atoms with Gasteiger partial charge in [-0.05, 0) is 28.4 Å². The summed E-state index contributed by atoms with van der Waals surface area (Å²) in [5, 5.41) is 11.9. The molecule has 0 saturated heterocycles. The zero-order chi connectivity index (χ0) is 19.0. The van der Waals surface area contributed by atoms with Crippen LogP contribution in [0.2, 0.25) is 0 Å². The zero-order valence-corrected chi connectivity index (χ0v) is 20.6. The second-order valence-corrected chi connectivity index (χ2v) is 10.3. The smallest absolute Gasteiger partial charge is 0.285 e. The molecule has 0 aromatic heterocycles. The molecule has 0 aliphatic heterocycles. The van der Waals surface area contributed by atoms with Crippen LogP contribution >= 0.6 is 0 Å². The van der Waals surface area contributed by atoms with E-state index in [1.807, 2.05) is 91.0 Å². The molecular formula is C24H32O4SiZr. The van der Waals surface area contributed by atoms with Gasteiger partial charge in [0, 0.05) is 26.2 Å². The van der Waals surface area contributed by atoms with Crippen LogP contribution in [0, 0.1) is 0 Å². The van der Waals surface area contributed by atoms with Gasteiger partial charge in [-0.2, -0.15) is 0 Å². The molecule has 0 spiro atoms. The molecule has 160 valence electrons. The number of hydrogen-bond acceptors (Lipinski definition) is 2. The van der Waals surface area contributed by atoms with E-state index in [-0.39, 0.29) is 43.3 Å². The molecule has 1 fully saturated rings. The molecule has 4 nitrogen and oxygen atoms in total. The first kappa shape index (κ1) is 28.6. The Labute approximate surface area is 199 Å². The first-order chi connectivity index (χ1) is 13.2. The van der Waals surface area contributed by atoms with E-state index in [9.17, 15) is 4.80 Å². The van der Waals surface area contributed by atoms with E-state index in [0.29, 0.717) is 0 Å². The first-order valence-electron chi connectivity index (χ1n) is 9.78. The van der Waals surface area contributed by atoms with E-state index in [1.165, 1.54) is 19.3 Å². The quantitative estimate of drug-likeness (QED) is 0.416. The summed E-state index contributed by atoms with van der Waals surface area (Å²) >= 11 is 0. The molecular weight excluding hydrogens is 472 g/mol. The third kappa shape index (κ3) is 7.38. The van der Waals surface area contributed by atoms with Crippen LogP contribution in [0.25, 0.3) is 0 Å². The average Bonchev–Trinajstić information content (AvgIpc) is 2.76. The van der Waals surface area contributed by atoms with Crippen molar-refractivity contribution < 1.29 is 47.1 Å². The van der Waals surface area contributed by atoms with Crippen LogP contribution in [0.4, 0.5) is 0 Å². The van der Waals surface area contributed by atoms with Crippen LogP contribution in [0.1, 0.15) is 32.1 Å². The normalized spacial score (nSPS) is 13.4. The van der Waals surface area contributed by atoms with Gasteiger partial charge in [0.15, 0.2) is 0 Å². The minimum absolute atomic E-state index is 0. The molecule has 1 saturated carbocycles. The molecule has 6 N–H and O–H groups in total. The summed E-state index contributed by atoms with van der Waals surface area (Å²) < 4.78 is 0. The van der Waals surface area contributed by atoms with Crippen molar-refractivity contribution in [2.75, 3.05) is 0 Å². The van der Waals surface area contributed by atoms with Crippen molar-refractivity contribution in [3.8, 4) is 0 Å². The monoisotopic (exact) mass is 502 g/mol. The summed E-state index contributed by atoms with van der Waals surface area (Å²) in [4.78, 5) is 11.6. The first-order valence-corrected chi connectivity index (χ1v) is 11.7. The standard InChI is InChI=1S/C18H16OSi.C6H12O.2H2O.Zr/c19-20(16-10-4-1-5-11-16,17-12-6-2-7-13-17)18-14-8-3-9-15-18;7-6-4-2-1-3-5-6;;;/h1-15,19H;6-7H,1-5H2;2*1H2;. The Morgan fingerprint density at radius 1 is 0.567 bits per heavy atom. The fourth-order valence-corrected chi connectivity index (χ4v) is 6.64. The van der Waals surface area contributed by atoms with E-state index >= 15 is 0 Å². The molecule has 0 unspecified atom stereocenters. The molecule has 6 heteroatoms. The summed E-state index contributed by atoms with van der Waals surface area (Å²) in [6, 6.07) is 30.0. The summed E-state index contributed by atoms with van der Waals surface area (Å²) in [5.41, 5.74) is 0. The van der Waals surface area contributed by atoms with Gasteiger partial charge in [0.25, 0.3) is 8.32 Å². The largest absolute Gasteiger partial charge is 0.421 e. The van der Waals surface area contributed by atoms with Crippen molar-refractivity contribution in [1.29, 1.82) is 0 Å². The molecule has 0 heterocycles. The van der Waals surface area contributed by atoms with Crippen molar-refractivity contribution in [3.05, 3.63) is 91.0 Å². The fraction of sp³-hybridized carbons (Fsp3) is 0.250. The van der Waals surface area contributed by atoms with Crippen LogP contribution in [0.5, 0.6) is 0 Å². The Balaban J connectivity index is 0.000000726. The summed E-state index contributed by atoms with van der Waals surface area (Å²) in [6.07, 6.45) is 5.92. The van der Waals surface area contributed by atoms with Crippen molar-refractivity contribution in [2.24, 2.45) is 0 Å². The molecule has 0 radical (unpaired) electrons. The van der Waals surface area contributed by atoms with Gasteiger partial charge in [-0.1, -0.05) is 110 Å². The Kier molecular flexibility index (Phi) is 13.9. The van der Waals surface area contributed by atoms with Crippen molar-refractivity contribution >= 4 is 23.9 Å². The second kappa shape index (κ2) is 14.6. The predicted octanol–water partition coefficient (Wildman–Crippen LogP) is 1.31. The van der Waals surface area contributed by atoms with Gasteiger partial charge in [-0.15, -0.1) is 0 Å². The maximum Gasteiger partial charge on any atom is 0.285 e. The minimum atomic E-state index is -2.88. The van der Waals surface area contributed by atoms with E-state index in [0.717, 1.165) is 28.4 Å². The topological polar surface area (TPSA) is 103 Å². The molecule has 0 atom stereocenters. The van der Waals surface area contributed by atoms with Crippen molar-refractivity contribution in [1.82, 2.24) is 0 Å². The summed E-state index contributed by atoms with van der Waals surface area (Å²) in [6.45, 7) is 0. The number of aliphatic hydroxyl groups excluding tert-OH is 1. The Morgan fingerprint density at radius 2 is 0.867 bits per heavy atom. The predicted molar refractivity (Wildman–Crippen MR) is 123 cm³/mol. The van der Waals surface area contributed by atoms with Crippen LogP contribution in [-0.4, -0.2) is 35.3 Å². The molecule has 1 aliphatic carbocycles. The summed E-state index contributed by atoms with van der Waals surface area (Å²) in [7, 11) is -2.88. The molecule has 3 aromatic carbocycles. The Hall–Kier alpha value is -1.40. The van der Waals surface area contributed by atoms with E-state index in [2.05, 4.69) is 0 Å². The van der Waals surface area contributed by atoms with Gasteiger partial charge < -0.3 is 20.9 Å². The molecule has 1 aliphatic rings. The fourth-order valence-electron chi connectivity index (χ4n) is 3.62. The molecule has 0 bridgehead atoms. The van der Waals surface area contributed by atoms with Crippen molar-refractivity contribution in [2.45, 2.75) is 38.2 Å². The van der Waals surface area contributed by atoms with Crippen LogP contribution in [-0.2, 0) is 26.2 Å². The minimum Gasteiger partial charge on any atom is -0.421 e. The maximum absolute atomic E-state index is 11.6. The van der Waals surface area contributed by atoms with Crippen LogP contribution in [0.3, 0.4) is 0 Å². The van der Waals surface area contributed by atoms with Gasteiger partial charge in [0.2, 0.25) is 0 Å². The van der Waals surface area contributed by atoms with Crippen LogP contribution < -0.4 is 15.6 Å². The number of benzene rings is 3. The average molecular weight is 504 g/mol. The number of hydrogen-bond donors (Lipinski definition) is 2. The Morgan fingerprint density at radius 3 is 1.10 bits per heavy atom. The van der Waals surface area contributed by atoms with Crippen molar-refractivity contribution in [3.63, 3.8) is 0 Å². The van der Waals surface area contributed by atoms with E-state index in [4.69, 9.17) is 5.11 Å². The van der Waals surface area contributed by atoms with Crippen LogP contribution in [0.15, 0.2) is 91.0 Å². The van der Waals surface area contributed by atoms with Gasteiger partial charge in [0.1, 0.15) is 0 Å². The number of aliphatic hydroxyl groups is 1. The van der Waals surface area contributed by atoms with Gasteiger partial charge in [0.05, 0.1) is 6.10 Å². The van der Waals surface area contributed by atoms with Gasteiger partial charge in [-0.3, -0.25) is 0 Å². The van der Waals surface area contributed by atoms with E-state index < -0.39 is 8.32 Å². The molecule has 3 aromatic rings. The summed E-state index contributed by atoms with van der Waals surface area (Å²) in [5.74, 6) is 0. The molecule has 30 heavy (non-hydrogen) atoms. The molecule has 0 amide bonds. The zero-order valence-electron chi connectivity index (χ0n) is 17.2. The third-order valence-electron chi connectivity index (χ3n) is 5.15. The third-order valence-corrected chi connectivity index (χ3v) is 8.66. The molecule has 4 rings (SSSR count). The Bertz CT molecular complexity index is 701. The SMILES string of the molecule is O.O.OC1CCCCC1.O[Si](c1ccccc1)(c1ccccc1)c1ccccc1.[Zr]. The van der Waals surface area contributed by atoms with E-state index in [1.54, 1.807) is 0 Å². The second-order valence-electron chi connectivity index (χ2n) is 7.10. The van der Waals surface area contributed by atoms with Gasteiger partial charge >= 0.3 is 0 Å².